The van der Waals surface area contributed by atoms with Crippen LogP contribution in [0.3, 0.4) is 0 Å². The lowest BCUT2D eigenvalue weighted by Gasteiger charge is -2.33. The summed E-state index contributed by atoms with van der Waals surface area (Å²) >= 11 is 0. The second kappa shape index (κ2) is 5.52. The summed E-state index contributed by atoms with van der Waals surface area (Å²) in [5.74, 6) is -0.524. The molecule has 1 saturated heterocycles. The molecule has 1 heterocycles. The zero-order chi connectivity index (χ0) is 12.2. The van der Waals surface area contributed by atoms with E-state index in [0.717, 1.165) is 19.4 Å². The van der Waals surface area contributed by atoms with Gasteiger partial charge in [-0.25, -0.2) is 0 Å². The lowest BCUT2D eigenvalue weighted by molar-refractivity contribution is -0.162. The molecule has 1 unspecified atom stereocenters. The molecule has 0 aromatic rings. The van der Waals surface area contributed by atoms with Crippen molar-refractivity contribution in [1.82, 2.24) is 10.2 Å². The normalized spacial score (nSPS) is 22.2. The Balaban J connectivity index is 2.44. The zero-order valence-electron chi connectivity index (χ0n) is 9.31. The van der Waals surface area contributed by atoms with Crippen LogP contribution in [0.1, 0.15) is 19.3 Å². The number of carbonyl (C=O) groups is 1. The summed E-state index contributed by atoms with van der Waals surface area (Å²) in [6, 6.07) is 0. The third-order valence-corrected chi connectivity index (χ3v) is 2.72. The van der Waals surface area contributed by atoms with E-state index in [4.69, 9.17) is 0 Å². The van der Waals surface area contributed by atoms with Crippen molar-refractivity contribution in [3.8, 4) is 0 Å². The van der Waals surface area contributed by atoms with E-state index in [0.29, 0.717) is 13.1 Å². The van der Waals surface area contributed by atoms with Gasteiger partial charge in [-0.1, -0.05) is 0 Å². The fraction of sp³-hybridized carbons (Fsp3) is 0.900. The number of hydrogen-bond acceptors (Lipinski definition) is 2. The average molecular weight is 238 g/mol. The molecule has 6 heteroatoms. The predicted octanol–water partition coefficient (Wildman–Crippen LogP) is 1.40. The summed E-state index contributed by atoms with van der Waals surface area (Å²) in [5, 5.41) is 2.98. The molecule has 0 saturated carbocycles. The van der Waals surface area contributed by atoms with Crippen molar-refractivity contribution in [2.75, 3.05) is 26.7 Å². The smallest absolute Gasteiger partial charge is 0.342 e. The molecule has 1 aliphatic heterocycles. The molecule has 3 nitrogen and oxygen atoms in total. The number of nitrogens with one attached hydrogen (secondary N) is 1. The van der Waals surface area contributed by atoms with Crippen molar-refractivity contribution < 1.29 is 18.0 Å². The summed E-state index contributed by atoms with van der Waals surface area (Å²) in [5.41, 5.74) is 0. The van der Waals surface area contributed by atoms with E-state index in [2.05, 4.69) is 5.32 Å². The Hall–Kier alpha value is -0.780. The van der Waals surface area contributed by atoms with Crippen LogP contribution in [0.4, 0.5) is 13.2 Å². The first-order valence-electron chi connectivity index (χ1n) is 5.41. The van der Waals surface area contributed by atoms with Crippen LogP contribution in [-0.2, 0) is 4.79 Å². The maximum atomic E-state index is 12.0. The highest BCUT2D eigenvalue weighted by atomic mass is 19.4. The van der Waals surface area contributed by atoms with Gasteiger partial charge < -0.3 is 10.2 Å². The van der Waals surface area contributed by atoms with Gasteiger partial charge in [0.25, 0.3) is 0 Å². The summed E-state index contributed by atoms with van der Waals surface area (Å²) in [6.07, 6.45) is -3.97. The number of piperidine rings is 1. The predicted molar refractivity (Wildman–Crippen MR) is 53.9 cm³/mol. The lowest BCUT2D eigenvalue weighted by Crippen LogP contribution is -2.43. The van der Waals surface area contributed by atoms with E-state index in [9.17, 15) is 18.0 Å². The minimum atomic E-state index is -4.40. The molecule has 1 atom stereocenters. The van der Waals surface area contributed by atoms with Gasteiger partial charge in [-0.2, -0.15) is 13.2 Å². The monoisotopic (exact) mass is 238 g/mol. The van der Waals surface area contributed by atoms with Gasteiger partial charge >= 0.3 is 6.18 Å². The Morgan fingerprint density at radius 2 is 2.19 bits per heavy atom. The van der Waals surface area contributed by atoms with Gasteiger partial charge in [0.15, 0.2) is 0 Å². The van der Waals surface area contributed by atoms with Crippen LogP contribution in [0.2, 0.25) is 0 Å². The number of rotatable bonds is 3. The van der Waals surface area contributed by atoms with Crippen LogP contribution in [0.5, 0.6) is 0 Å². The van der Waals surface area contributed by atoms with Crippen LogP contribution < -0.4 is 5.32 Å². The summed E-state index contributed by atoms with van der Waals surface area (Å²) in [4.78, 5) is 12.7. The topological polar surface area (TPSA) is 32.3 Å². The van der Waals surface area contributed by atoms with Crippen LogP contribution in [0.15, 0.2) is 0 Å². The Bertz CT molecular complexity index is 241. The van der Waals surface area contributed by atoms with Crippen molar-refractivity contribution in [2.24, 2.45) is 5.92 Å². The largest absolute Gasteiger partial charge is 0.397 e. The van der Waals surface area contributed by atoms with Crippen LogP contribution in [-0.4, -0.2) is 43.7 Å². The third-order valence-electron chi connectivity index (χ3n) is 2.72. The molecule has 16 heavy (non-hydrogen) atoms. The van der Waals surface area contributed by atoms with Crippen molar-refractivity contribution in [3.05, 3.63) is 0 Å². The van der Waals surface area contributed by atoms with E-state index in [1.807, 2.05) is 0 Å². The fourth-order valence-corrected chi connectivity index (χ4v) is 2.03. The summed E-state index contributed by atoms with van der Waals surface area (Å²) in [7, 11) is 1.80. The quantitative estimate of drug-likeness (QED) is 0.806. The molecule has 0 bridgehead atoms. The number of hydrogen-bond donors (Lipinski definition) is 1. The molecule has 0 radical (unpaired) electrons. The van der Waals surface area contributed by atoms with E-state index in [-0.39, 0.29) is 5.92 Å². The Morgan fingerprint density at radius 3 is 2.75 bits per heavy atom. The number of nitrogens with zero attached hydrogens (tertiary/aromatic N) is 1. The first-order valence-corrected chi connectivity index (χ1v) is 5.41. The zero-order valence-corrected chi connectivity index (χ0v) is 9.31. The van der Waals surface area contributed by atoms with E-state index in [1.54, 1.807) is 7.05 Å². The average Bonchev–Trinajstić information content (AvgIpc) is 2.16. The molecule has 94 valence electrons. The van der Waals surface area contributed by atoms with Gasteiger partial charge in [0, 0.05) is 13.1 Å². The molecular formula is C10H17F3N2O. The van der Waals surface area contributed by atoms with E-state index in [1.165, 1.54) is 4.90 Å². The van der Waals surface area contributed by atoms with Gasteiger partial charge in [-0.15, -0.1) is 0 Å². The first-order chi connectivity index (χ1) is 7.42. The Kier molecular flexibility index (Phi) is 4.58. The first kappa shape index (κ1) is 13.3. The second-order valence-electron chi connectivity index (χ2n) is 4.20. The maximum absolute atomic E-state index is 12.0. The van der Waals surface area contributed by atoms with Crippen LogP contribution >= 0.6 is 0 Å². The van der Waals surface area contributed by atoms with E-state index >= 15 is 0 Å². The van der Waals surface area contributed by atoms with Crippen LogP contribution in [0, 0.1) is 5.92 Å². The van der Waals surface area contributed by atoms with Crippen molar-refractivity contribution in [2.45, 2.75) is 25.4 Å². The number of amides is 1. The standard InChI is InChI=1S/C10H17F3N2O/c1-14-6-8-3-2-4-15(7-8)9(16)5-10(11,12)13/h8,14H,2-7H2,1H3. The second-order valence-corrected chi connectivity index (χ2v) is 4.20. The van der Waals surface area contributed by atoms with Gasteiger partial charge in [0.05, 0.1) is 0 Å². The molecule has 1 amide bonds. The fourth-order valence-electron chi connectivity index (χ4n) is 2.03. The SMILES string of the molecule is CNCC1CCCN(C(=O)CC(F)(F)F)C1. The molecular weight excluding hydrogens is 221 g/mol. The lowest BCUT2D eigenvalue weighted by atomic mass is 9.98. The van der Waals surface area contributed by atoms with Gasteiger partial charge in [-0.3, -0.25) is 4.79 Å². The van der Waals surface area contributed by atoms with Gasteiger partial charge in [0.2, 0.25) is 5.91 Å². The van der Waals surface area contributed by atoms with Gasteiger partial charge in [0.1, 0.15) is 6.42 Å². The number of halogens is 3. The third kappa shape index (κ3) is 4.38. The molecule has 1 aliphatic rings. The molecule has 1 fully saturated rings. The maximum Gasteiger partial charge on any atom is 0.397 e. The molecule has 1 N–H and O–H groups in total. The highest BCUT2D eigenvalue weighted by Gasteiger charge is 2.34. The van der Waals surface area contributed by atoms with E-state index < -0.39 is 18.5 Å². The Labute approximate surface area is 93.0 Å². The molecule has 0 aromatic carbocycles. The highest BCUT2D eigenvalue weighted by Crippen LogP contribution is 2.23. The summed E-state index contributed by atoms with van der Waals surface area (Å²) < 4.78 is 36.1. The van der Waals surface area contributed by atoms with Crippen molar-refractivity contribution >= 4 is 5.91 Å². The minimum absolute atomic E-state index is 0.274. The molecule has 0 spiro atoms. The molecule has 1 rings (SSSR count). The summed E-state index contributed by atoms with van der Waals surface area (Å²) in [6.45, 7) is 1.64. The highest BCUT2D eigenvalue weighted by molar-refractivity contribution is 5.76. The van der Waals surface area contributed by atoms with Crippen molar-refractivity contribution in [3.63, 3.8) is 0 Å². The van der Waals surface area contributed by atoms with Crippen molar-refractivity contribution in [1.29, 1.82) is 0 Å². The number of carbonyl (C=O) groups excluding carboxylic acids is 1. The minimum Gasteiger partial charge on any atom is -0.342 e. The van der Waals surface area contributed by atoms with Gasteiger partial charge in [-0.05, 0) is 32.4 Å². The van der Waals surface area contributed by atoms with Crippen LogP contribution in [0.25, 0.3) is 0 Å². The number of likely N-dealkylation sites (tertiary alicyclic amines) is 1. The molecule has 0 aliphatic carbocycles. The number of alkyl halides is 3. The Morgan fingerprint density at radius 1 is 1.50 bits per heavy atom. The molecule has 0 aromatic heterocycles.